The molecule has 55 heavy (non-hydrogen) atoms. The molecule has 0 radical (unpaired) electrons. The smallest absolute Gasteiger partial charge is 0.0991 e. The lowest BCUT2D eigenvalue weighted by molar-refractivity contribution is 0.566. The summed E-state index contributed by atoms with van der Waals surface area (Å²) in [5.41, 5.74) is 7.65. The summed E-state index contributed by atoms with van der Waals surface area (Å²) in [4.78, 5) is 0.888. The third-order valence-electron chi connectivity index (χ3n) is 8.28. The highest BCUT2D eigenvalue weighted by molar-refractivity contribution is 7.80. The Bertz CT molecular complexity index is 2070. The molecule has 0 saturated heterocycles. The van der Waals surface area contributed by atoms with Gasteiger partial charge in [0.05, 0.1) is 29.0 Å². The van der Waals surface area contributed by atoms with E-state index in [9.17, 15) is 0 Å². The van der Waals surface area contributed by atoms with Crippen LogP contribution in [0.25, 0.3) is 16.3 Å². The van der Waals surface area contributed by atoms with E-state index in [-0.39, 0.29) is 0 Å². The van der Waals surface area contributed by atoms with Crippen molar-refractivity contribution in [2.75, 3.05) is 17.7 Å². The topological polar surface area (TPSA) is 71.6 Å². The van der Waals surface area contributed by atoms with Gasteiger partial charge in [0, 0.05) is 28.9 Å². The molecule has 4 aromatic rings. The largest absolute Gasteiger partial charge is 0.388 e. The van der Waals surface area contributed by atoms with Crippen LogP contribution in [-0.2, 0) is 0 Å². The normalized spacial score (nSPS) is 13.0. The predicted octanol–water partition coefficient (Wildman–Crippen LogP) is 14.3. The number of rotatable bonds is 11. The molecule has 0 spiro atoms. The van der Waals surface area contributed by atoms with Crippen LogP contribution >= 0.6 is 12.6 Å². The van der Waals surface area contributed by atoms with Crippen molar-refractivity contribution in [1.82, 2.24) is 0 Å². The van der Waals surface area contributed by atoms with Gasteiger partial charge in [-0.3, -0.25) is 0 Å². The summed E-state index contributed by atoms with van der Waals surface area (Å²) < 4.78 is 0. The Balaban J connectivity index is 0.000000353. The molecule has 0 amide bonds. The van der Waals surface area contributed by atoms with Gasteiger partial charge in [0.15, 0.2) is 0 Å². The van der Waals surface area contributed by atoms with Crippen molar-refractivity contribution in [2.24, 2.45) is 5.92 Å². The predicted molar refractivity (Wildman–Crippen MR) is 244 cm³/mol. The minimum atomic E-state index is 0.490. The molecule has 0 aliphatic heterocycles. The second kappa shape index (κ2) is 26.5. The highest BCUT2D eigenvalue weighted by Crippen LogP contribution is 2.43. The monoisotopic (exact) mass is 742 g/mol. The number of benzene rings is 4. The van der Waals surface area contributed by atoms with Gasteiger partial charge < -0.3 is 10.6 Å². The van der Waals surface area contributed by atoms with Gasteiger partial charge in [-0.2, -0.15) is 10.5 Å². The van der Waals surface area contributed by atoms with Crippen LogP contribution < -0.4 is 10.6 Å². The molecule has 0 heterocycles. The van der Waals surface area contributed by atoms with Gasteiger partial charge >= 0.3 is 0 Å². The van der Waals surface area contributed by atoms with Crippen LogP contribution in [-0.4, -0.2) is 7.05 Å². The van der Waals surface area contributed by atoms with E-state index in [0.29, 0.717) is 17.0 Å². The maximum atomic E-state index is 9.06. The zero-order valence-corrected chi connectivity index (χ0v) is 33.6. The van der Waals surface area contributed by atoms with E-state index in [4.69, 9.17) is 23.2 Å². The van der Waals surface area contributed by atoms with Crippen molar-refractivity contribution in [3.63, 3.8) is 0 Å². The van der Waals surface area contributed by atoms with Crippen LogP contribution in [0.15, 0.2) is 188 Å². The lowest BCUT2D eigenvalue weighted by atomic mass is 9.81. The fourth-order valence-electron chi connectivity index (χ4n) is 5.53. The average Bonchev–Trinajstić information content (AvgIpc) is 3.23. The number of nitrogens with zero attached hydrogens (tertiary/aromatic N) is 2. The number of nitriles is 2. The van der Waals surface area contributed by atoms with E-state index >= 15 is 0 Å². The molecule has 1 unspecified atom stereocenters. The molecule has 0 bridgehead atoms. The van der Waals surface area contributed by atoms with Crippen LogP contribution in [0.3, 0.4) is 0 Å². The molecule has 5 heteroatoms. The second-order valence-corrected chi connectivity index (χ2v) is 12.6. The molecular weight excluding hydrogens is 689 g/mol. The average molecular weight is 743 g/mol. The van der Waals surface area contributed by atoms with Crippen molar-refractivity contribution in [1.29, 1.82) is 10.5 Å². The maximum absolute atomic E-state index is 9.06. The second-order valence-electron chi connectivity index (χ2n) is 12.2. The summed E-state index contributed by atoms with van der Waals surface area (Å²) >= 11 is 4.98. The first-order valence-electron chi connectivity index (χ1n) is 18.4. The molecule has 1 atom stereocenters. The first-order valence-corrected chi connectivity index (χ1v) is 18.8. The number of nitrogens with one attached hydrogen (secondary N) is 2. The first kappa shape index (κ1) is 44.9. The minimum absolute atomic E-state index is 0.490. The molecule has 280 valence electrons. The zero-order valence-electron chi connectivity index (χ0n) is 32.7. The van der Waals surface area contributed by atoms with E-state index in [1.807, 2.05) is 106 Å². The Morgan fingerprint density at radius 2 is 1.38 bits per heavy atom. The number of allylic oxidation sites excluding steroid dienone is 15. The van der Waals surface area contributed by atoms with Crippen molar-refractivity contribution in [2.45, 2.75) is 44.9 Å². The van der Waals surface area contributed by atoms with Gasteiger partial charge in [-0.1, -0.05) is 136 Å². The van der Waals surface area contributed by atoms with Crippen LogP contribution in [0.1, 0.15) is 56.7 Å². The van der Waals surface area contributed by atoms with Crippen LogP contribution in [0.4, 0.5) is 17.1 Å². The van der Waals surface area contributed by atoms with E-state index in [2.05, 4.69) is 98.0 Å². The Labute approximate surface area is 335 Å². The van der Waals surface area contributed by atoms with Gasteiger partial charge in [0.2, 0.25) is 0 Å². The Kier molecular flexibility index (Phi) is 21.6. The molecule has 4 nitrogen and oxygen atoms in total. The first-order chi connectivity index (χ1) is 26.8. The van der Waals surface area contributed by atoms with Crippen molar-refractivity contribution in [3.05, 3.63) is 200 Å². The zero-order chi connectivity index (χ0) is 40.3. The molecule has 1 aliphatic carbocycles. The highest BCUT2D eigenvalue weighted by Gasteiger charge is 2.22. The summed E-state index contributed by atoms with van der Waals surface area (Å²) in [5.74, 6) is 0.490. The summed E-state index contributed by atoms with van der Waals surface area (Å²) in [7, 11) is 1.85. The van der Waals surface area contributed by atoms with Gasteiger partial charge in [-0.15, -0.1) is 12.6 Å². The fraction of sp³-hybridized carbons (Fsp3) is 0.160. The lowest BCUT2D eigenvalue weighted by Crippen LogP contribution is -2.08. The molecule has 0 aromatic heterocycles. The minimum Gasteiger partial charge on any atom is -0.388 e. The summed E-state index contributed by atoms with van der Waals surface area (Å²) in [6.45, 7) is 17.8. The molecule has 4 aromatic carbocycles. The van der Waals surface area contributed by atoms with E-state index in [1.165, 1.54) is 5.57 Å². The molecule has 0 saturated carbocycles. The van der Waals surface area contributed by atoms with Crippen molar-refractivity contribution < 1.29 is 0 Å². The molecule has 5 rings (SSSR count). The summed E-state index contributed by atoms with van der Waals surface area (Å²) in [6, 6.07) is 29.5. The Morgan fingerprint density at radius 1 is 0.818 bits per heavy atom. The molecule has 2 N–H and O–H groups in total. The summed E-state index contributed by atoms with van der Waals surface area (Å²) in [6.07, 6.45) is 29.0. The number of thiol groups is 1. The third kappa shape index (κ3) is 15.3. The lowest BCUT2D eigenvalue weighted by Gasteiger charge is -2.25. The van der Waals surface area contributed by atoms with Crippen LogP contribution in [0, 0.1) is 28.6 Å². The number of anilines is 3. The van der Waals surface area contributed by atoms with Crippen molar-refractivity contribution >= 4 is 46.0 Å². The Hall–Kier alpha value is -6.27. The SMILES string of the molecule is C=C(C1=CC=CCC1CCC)c1c(S)c(Nc2ccc(C#N)cc2)cc2ccccc12.C=C/C=C\C=C/C.C=C/C=C\C=C/C.CNc1ccc(C#N)cc1. The van der Waals surface area contributed by atoms with E-state index in [1.54, 1.807) is 24.3 Å². The van der Waals surface area contributed by atoms with Gasteiger partial charge in [-0.25, -0.2) is 0 Å². The number of hydrogen-bond acceptors (Lipinski definition) is 5. The quantitative estimate of drug-likeness (QED) is 0.106. The van der Waals surface area contributed by atoms with Gasteiger partial charge in [0.1, 0.15) is 0 Å². The van der Waals surface area contributed by atoms with Gasteiger partial charge in [0.25, 0.3) is 0 Å². The van der Waals surface area contributed by atoms with E-state index in [0.717, 1.165) is 63.1 Å². The van der Waals surface area contributed by atoms with Gasteiger partial charge in [-0.05, 0) is 109 Å². The number of fused-ring (bicyclic) bond motifs is 1. The molecule has 1 aliphatic rings. The standard InChI is InChI=1S/C28H26N2S.C8H8N2.2C7H10/c1-3-8-21-9-4-6-11-24(21)19(2)27-25-12-7-5-10-22(25)17-26(28(27)31)30-23-15-13-20(18-29)14-16-23;1-10-8-4-2-7(6-9)3-5-8;2*1-3-5-7-6-4-2/h4-7,10-17,21,30-31H,2-3,8-9H2,1H3;2-5,10H,1H3;2*3-7H,1H2,2H3/b;;2*6-4-,7-5-. The third-order valence-corrected chi connectivity index (χ3v) is 8.74. The molecule has 0 fully saturated rings. The maximum Gasteiger partial charge on any atom is 0.0991 e. The highest BCUT2D eigenvalue weighted by atomic mass is 32.1. The van der Waals surface area contributed by atoms with E-state index < -0.39 is 0 Å². The number of hydrogen-bond donors (Lipinski definition) is 3. The van der Waals surface area contributed by atoms with Crippen LogP contribution in [0.2, 0.25) is 0 Å². The molecular formula is C50H54N4S. The fourth-order valence-corrected chi connectivity index (χ4v) is 5.91. The Morgan fingerprint density at radius 3 is 1.89 bits per heavy atom. The van der Waals surface area contributed by atoms with Crippen LogP contribution in [0.5, 0.6) is 0 Å². The summed E-state index contributed by atoms with van der Waals surface area (Å²) in [5, 5.41) is 26.3. The van der Waals surface area contributed by atoms with Crippen molar-refractivity contribution in [3.8, 4) is 12.1 Å².